The number of nitrogens with two attached hydrogens (primary N) is 4. The Morgan fingerprint density at radius 2 is 1.62 bits per heavy atom. The lowest BCUT2D eigenvalue weighted by molar-refractivity contribution is -0.176. The molecule has 0 spiro atoms. The third-order valence-corrected chi connectivity index (χ3v) is 10.3. The molecule has 13 N–H and O–H groups in total. The fraction of sp³-hybridized carbons (Fsp3) is 0.278. The van der Waals surface area contributed by atoms with E-state index in [0.29, 0.717) is 5.69 Å². The molecule has 0 heterocycles. The molecule has 1 fully saturated rings. The number of aliphatic hydroxyl groups is 2. The number of nitriles is 1. The van der Waals surface area contributed by atoms with Gasteiger partial charge in [0, 0.05) is 11.8 Å². The summed E-state index contributed by atoms with van der Waals surface area (Å²) in [5, 5.41) is 52.7. The Morgan fingerprint density at radius 1 is 0.981 bits per heavy atom. The van der Waals surface area contributed by atoms with Gasteiger partial charge in [-0.3, -0.25) is 24.1 Å². The van der Waals surface area contributed by atoms with E-state index in [-0.39, 0.29) is 17.7 Å². The molecule has 3 aliphatic carbocycles. The molecule has 1 saturated carbocycles. The minimum Gasteiger partial charge on any atom is -0.509 e. The zero-order valence-electron chi connectivity index (χ0n) is 28.6. The molecule has 17 heteroatoms. The third-order valence-electron chi connectivity index (χ3n) is 10.3. The number of phenols is 1. The second-order valence-corrected chi connectivity index (χ2v) is 13.3. The van der Waals surface area contributed by atoms with Crippen LogP contribution in [0.2, 0.25) is 0 Å². The number of nitrogens with one attached hydrogen (secondary N) is 2. The Hall–Kier alpha value is -6.32. The number of nitrogens with zero attached hydrogens (tertiary/aromatic N) is 2. The number of carbonyl (C=O) groups excluding carboxylic acids is 5. The van der Waals surface area contributed by atoms with Gasteiger partial charge in [-0.05, 0) is 37.2 Å². The molecule has 3 amide bonds. The highest BCUT2D eigenvalue weighted by atomic mass is 16.5. The number of benzene rings is 3. The number of amides is 3. The van der Waals surface area contributed by atoms with Gasteiger partial charge in [0.25, 0.3) is 5.91 Å². The van der Waals surface area contributed by atoms with Crippen molar-refractivity contribution in [1.29, 1.82) is 5.26 Å². The Bertz CT molecular complexity index is 2270. The number of esters is 1. The number of urea groups is 1. The summed E-state index contributed by atoms with van der Waals surface area (Å²) in [5.74, 6) is -8.54. The second kappa shape index (κ2) is 12.4. The molecule has 0 aliphatic heterocycles. The van der Waals surface area contributed by atoms with E-state index in [0.717, 1.165) is 15.7 Å². The molecule has 0 unspecified atom stereocenters. The van der Waals surface area contributed by atoms with Crippen molar-refractivity contribution in [3.63, 3.8) is 0 Å². The summed E-state index contributed by atoms with van der Waals surface area (Å²) < 4.78 is 5.79. The number of phenolic OH excluding ortho intramolecular Hbond substituents is 1. The number of aromatic hydroxyl groups is 1. The monoisotopic (exact) mass is 724 g/mol. The molecule has 0 radical (unpaired) electrons. The van der Waals surface area contributed by atoms with Crippen LogP contribution in [0.1, 0.15) is 30.5 Å². The first-order chi connectivity index (χ1) is 24.9. The number of Topliss-reactive ketones (excluding diaryl/α,β-unsaturated/α-hetero) is 2. The summed E-state index contributed by atoms with van der Waals surface area (Å²) in [4.78, 5) is 68.8. The first-order valence-corrected chi connectivity index (χ1v) is 16.2. The van der Waals surface area contributed by atoms with E-state index in [1.165, 1.54) is 33.2 Å². The zero-order chi connectivity index (χ0) is 38.9. The van der Waals surface area contributed by atoms with E-state index in [2.05, 4.69) is 10.6 Å². The maximum absolute atomic E-state index is 14.9. The Balaban J connectivity index is 1.57. The van der Waals surface area contributed by atoms with Gasteiger partial charge in [0.15, 0.2) is 11.6 Å². The Labute approximate surface area is 301 Å². The van der Waals surface area contributed by atoms with Crippen LogP contribution in [-0.4, -0.2) is 87.0 Å². The van der Waals surface area contributed by atoms with Crippen LogP contribution in [-0.2, 0) is 23.9 Å². The fourth-order valence-electron chi connectivity index (χ4n) is 7.97. The van der Waals surface area contributed by atoms with E-state index in [1.54, 1.807) is 30.3 Å². The standard InChI is InChI=1S/C36H36N8O9/c1-4-20(45)53-32-35(40)23(30(50)34(14-37)29(49)22(31(39)51)26(48)28(44(2)3)36(32,34)41)25(47)21-17(27(35)38)12-13-19(24(21)46)43-33(52)42-18-11-7-9-15-8-5-6-10-16(15)18/h5-13,27-28,32,46-47,49H,4,38,40-41H2,1-3H3,(H2,39,51)(H2,42,43,52)/t27-,28+,32-,34-,35+,36-/m0/s1. The summed E-state index contributed by atoms with van der Waals surface area (Å²) in [7, 11) is 2.63. The first-order valence-electron chi connectivity index (χ1n) is 16.2. The van der Waals surface area contributed by atoms with Crippen molar-refractivity contribution in [3.8, 4) is 11.8 Å². The van der Waals surface area contributed by atoms with Gasteiger partial charge in [0.05, 0.1) is 40.7 Å². The molecule has 274 valence electrons. The van der Waals surface area contributed by atoms with Gasteiger partial charge in [-0.1, -0.05) is 49.4 Å². The normalized spacial score (nSPS) is 27.8. The van der Waals surface area contributed by atoms with Gasteiger partial charge in [0.2, 0.25) is 5.41 Å². The highest BCUT2D eigenvalue weighted by Gasteiger charge is 2.81. The molecule has 53 heavy (non-hydrogen) atoms. The molecule has 0 bridgehead atoms. The number of rotatable bonds is 6. The van der Waals surface area contributed by atoms with Gasteiger partial charge in [-0.25, -0.2) is 4.79 Å². The van der Waals surface area contributed by atoms with Crippen molar-refractivity contribution in [2.24, 2.45) is 28.3 Å². The van der Waals surface area contributed by atoms with Crippen LogP contribution in [0.25, 0.3) is 16.5 Å². The van der Waals surface area contributed by atoms with Gasteiger partial charge in [-0.2, -0.15) is 5.26 Å². The predicted octanol–water partition coefficient (Wildman–Crippen LogP) is 1.09. The van der Waals surface area contributed by atoms with Crippen LogP contribution in [0.5, 0.6) is 5.75 Å². The van der Waals surface area contributed by atoms with Gasteiger partial charge in [0.1, 0.15) is 40.0 Å². The highest BCUT2D eigenvalue weighted by molar-refractivity contribution is 6.26. The van der Waals surface area contributed by atoms with Crippen molar-refractivity contribution < 1.29 is 44.0 Å². The maximum atomic E-state index is 14.9. The minimum atomic E-state index is -3.16. The zero-order valence-corrected chi connectivity index (χ0v) is 28.6. The van der Waals surface area contributed by atoms with Crippen LogP contribution in [0.3, 0.4) is 0 Å². The van der Waals surface area contributed by atoms with Crippen LogP contribution in [0.15, 0.2) is 71.5 Å². The van der Waals surface area contributed by atoms with E-state index < -0.39 is 98.1 Å². The van der Waals surface area contributed by atoms with E-state index in [4.69, 9.17) is 27.7 Å². The number of ether oxygens (including phenoxy) is 1. The first kappa shape index (κ1) is 36.5. The number of hydrogen-bond donors (Lipinski definition) is 9. The lowest BCUT2D eigenvalue weighted by Crippen LogP contribution is -2.88. The number of primary amides is 1. The molecular weight excluding hydrogens is 688 g/mol. The molecular formula is C36H36N8O9. The lowest BCUT2D eigenvalue weighted by atomic mass is 9.45. The molecule has 3 aliphatic rings. The third kappa shape index (κ3) is 4.73. The van der Waals surface area contributed by atoms with Gasteiger partial charge < -0.3 is 53.6 Å². The number of carbonyl (C=O) groups is 5. The summed E-state index contributed by atoms with van der Waals surface area (Å²) in [6.07, 6.45) is -2.46. The molecule has 0 saturated heterocycles. The average Bonchev–Trinajstić information content (AvgIpc) is 3.10. The number of likely N-dealkylation sites (N-methyl/N-ethyl adjacent to an activating group) is 1. The minimum absolute atomic E-state index is 0.120. The number of hydrogen-bond acceptors (Lipinski definition) is 14. The summed E-state index contributed by atoms with van der Waals surface area (Å²) in [6, 6.07) is 12.3. The number of aliphatic hydroxyl groups excluding tert-OH is 2. The fourth-order valence-corrected chi connectivity index (χ4v) is 7.97. The Kier molecular flexibility index (Phi) is 8.55. The number of anilines is 2. The van der Waals surface area contributed by atoms with Crippen molar-refractivity contribution in [1.82, 2.24) is 4.90 Å². The van der Waals surface area contributed by atoms with Gasteiger partial charge >= 0.3 is 12.0 Å². The van der Waals surface area contributed by atoms with Crippen LogP contribution < -0.4 is 33.6 Å². The number of ketones is 2. The lowest BCUT2D eigenvalue weighted by Gasteiger charge is -2.62. The largest absolute Gasteiger partial charge is 0.509 e. The molecule has 6 atom stereocenters. The van der Waals surface area contributed by atoms with Crippen molar-refractivity contribution >= 4 is 57.4 Å². The molecule has 0 aromatic heterocycles. The predicted molar refractivity (Wildman–Crippen MR) is 190 cm³/mol. The molecule has 3 aromatic carbocycles. The van der Waals surface area contributed by atoms with Crippen molar-refractivity contribution in [2.45, 2.75) is 42.6 Å². The average molecular weight is 725 g/mol. The topological polar surface area (TPSA) is 310 Å². The summed E-state index contributed by atoms with van der Waals surface area (Å²) >= 11 is 0. The maximum Gasteiger partial charge on any atom is 0.323 e. The molecule has 6 rings (SSSR count). The SMILES string of the molecule is CCC(=O)O[C@H]1[C@@]2(N)C(=C(O)c3c(ccc(NC(=O)Nc4cccc5ccccc45)c3O)[C@@H]2N)C(=O)[C@]2(C#N)C(O)=C(C(N)=O)C(=O)[C@@H](N(C)C)[C@]12N. The highest BCUT2D eigenvalue weighted by Crippen LogP contribution is 2.61. The van der Waals surface area contributed by atoms with Crippen molar-refractivity contribution in [2.75, 3.05) is 24.7 Å². The van der Waals surface area contributed by atoms with Crippen molar-refractivity contribution in [3.05, 3.63) is 82.6 Å². The molecule has 17 nitrogen and oxygen atoms in total. The summed E-state index contributed by atoms with van der Waals surface area (Å²) in [6.45, 7) is 1.41. The quantitative estimate of drug-likeness (QED) is 0.0977. The smallest absolute Gasteiger partial charge is 0.323 e. The Morgan fingerprint density at radius 3 is 2.25 bits per heavy atom. The van der Waals surface area contributed by atoms with E-state index >= 15 is 0 Å². The second-order valence-electron chi connectivity index (χ2n) is 13.3. The van der Waals surface area contributed by atoms with E-state index in [1.807, 2.05) is 18.2 Å². The molecule has 3 aromatic rings. The van der Waals surface area contributed by atoms with E-state index in [9.17, 15) is 44.6 Å². The number of fused-ring (bicyclic) bond motifs is 4. The van der Waals surface area contributed by atoms with Gasteiger partial charge in [-0.15, -0.1) is 0 Å². The summed E-state index contributed by atoms with van der Waals surface area (Å²) in [5.41, 5.74) is 15.2. The van der Waals surface area contributed by atoms with Crippen LogP contribution in [0, 0.1) is 16.7 Å². The van der Waals surface area contributed by atoms with Crippen LogP contribution >= 0.6 is 0 Å². The van der Waals surface area contributed by atoms with Crippen LogP contribution in [0.4, 0.5) is 16.2 Å².